The molecular weight excluding hydrogens is 350 g/mol. The number of amides is 2. The van der Waals surface area contributed by atoms with E-state index < -0.39 is 5.91 Å². The van der Waals surface area contributed by atoms with E-state index in [0.29, 0.717) is 28.7 Å². The van der Waals surface area contributed by atoms with Gasteiger partial charge in [0.05, 0.1) is 11.1 Å². The molecular formula is C16H16ClN3O3S. The summed E-state index contributed by atoms with van der Waals surface area (Å²) in [4.78, 5) is 26.7. The highest BCUT2D eigenvalue weighted by Crippen LogP contribution is 2.28. The summed E-state index contributed by atoms with van der Waals surface area (Å²) in [7, 11) is 0. The van der Waals surface area contributed by atoms with Crippen molar-refractivity contribution >= 4 is 39.8 Å². The molecule has 3 rings (SSSR count). The van der Waals surface area contributed by atoms with E-state index in [1.165, 1.54) is 29.5 Å². The SMILES string of the molecule is O=C(Nc1sccc1C(=O)N1CCNCC1)c1ccc(Cl)cc1O. The van der Waals surface area contributed by atoms with Crippen LogP contribution < -0.4 is 10.6 Å². The topological polar surface area (TPSA) is 81.7 Å². The number of rotatable bonds is 3. The smallest absolute Gasteiger partial charge is 0.260 e. The van der Waals surface area contributed by atoms with Gasteiger partial charge in [0.25, 0.3) is 11.8 Å². The number of aromatic hydroxyl groups is 1. The Bertz CT molecular complexity index is 772. The van der Waals surface area contributed by atoms with Crippen LogP contribution in [0.3, 0.4) is 0 Å². The zero-order chi connectivity index (χ0) is 17.1. The molecule has 0 bridgehead atoms. The maximum absolute atomic E-state index is 12.6. The summed E-state index contributed by atoms with van der Waals surface area (Å²) < 4.78 is 0. The van der Waals surface area contributed by atoms with Gasteiger partial charge in [-0.2, -0.15) is 0 Å². The second-order valence-electron chi connectivity index (χ2n) is 5.32. The zero-order valence-electron chi connectivity index (χ0n) is 12.7. The number of halogens is 1. The molecule has 0 atom stereocenters. The predicted molar refractivity (Wildman–Crippen MR) is 94.2 cm³/mol. The Morgan fingerprint density at radius 2 is 1.96 bits per heavy atom. The van der Waals surface area contributed by atoms with E-state index in [9.17, 15) is 14.7 Å². The van der Waals surface area contributed by atoms with Crippen molar-refractivity contribution in [3.8, 4) is 5.75 Å². The molecule has 6 nitrogen and oxygen atoms in total. The number of carbonyl (C=O) groups excluding carboxylic acids is 2. The Morgan fingerprint density at radius 1 is 1.21 bits per heavy atom. The summed E-state index contributed by atoms with van der Waals surface area (Å²) in [5.41, 5.74) is 0.567. The first-order valence-corrected chi connectivity index (χ1v) is 8.69. The van der Waals surface area contributed by atoms with E-state index in [0.717, 1.165) is 13.1 Å². The second-order valence-corrected chi connectivity index (χ2v) is 6.67. The monoisotopic (exact) mass is 365 g/mol. The average Bonchev–Trinajstić information content (AvgIpc) is 3.03. The molecule has 1 aliphatic rings. The van der Waals surface area contributed by atoms with Gasteiger partial charge in [-0.25, -0.2) is 0 Å². The van der Waals surface area contributed by atoms with Gasteiger partial charge in [-0.3, -0.25) is 9.59 Å². The number of nitrogens with zero attached hydrogens (tertiary/aromatic N) is 1. The molecule has 2 amide bonds. The lowest BCUT2D eigenvalue weighted by molar-refractivity contribution is 0.0737. The summed E-state index contributed by atoms with van der Waals surface area (Å²) >= 11 is 7.04. The average molecular weight is 366 g/mol. The number of carbonyl (C=O) groups is 2. The standard InChI is InChI=1S/C16H16ClN3O3S/c17-10-1-2-11(13(21)9-10)14(22)19-15-12(3-8-24-15)16(23)20-6-4-18-5-7-20/h1-3,8-9,18,21H,4-7H2,(H,19,22). The molecule has 1 aromatic carbocycles. The molecule has 24 heavy (non-hydrogen) atoms. The number of benzene rings is 1. The molecule has 2 aromatic rings. The predicted octanol–water partition coefficient (Wildman–Crippen LogP) is 2.40. The van der Waals surface area contributed by atoms with E-state index >= 15 is 0 Å². The molecule has 1 aromatic heterocycles. The van der Waals surface area contributed by atoms with Crippen LogP contribution in [0.4, 0.5) is 5.00 Å². The van der Waals surface area contributed by atoms with Crippen molar-refractivity contribution < 1.29 is 14.7 Å². The summed E-state index contributed by atoms with van der Waals surface area (Å²) in [6.07, 6.45) is 0. The van der Waals surface area contributed by atoms with Crippen molar-refractivity contribution in [1.82, 2.24) is 10.2 Å². The third kappa shape index (κ3) is 3.53. The highest BCUT2D eigenvalue weighted by molar-refractivity contribution is 7.14. The van der Waals surface area contributed by atoms with Crippen LogP contribution in [-0.4, -0.2) is 48.0 Å². The Labute approximate surface area is 148 Å². The van der Waals surface area contributed by atoms with Gasteiger partial charge in [0.1, 0.15) is 10.8 Å². The first-order chi connectivity index (χ1) is 11.6. The van der Waals surface area contributed by atoms with Gasteiger partial charge in [0.15, 0.2) is 0 Å². The van der Waals surface area contributed by atoms with Crippen LogP contribution >= 0.6 is 22.9 Å². The van der Waals surface area contributed by atoms with Crippen LogP contribution in [0.1, 0.15) is 20.7 Å². The lowest BCUT2D eigenvalue weighted by Gasteiger charge is -2.27. The first kappa shape index (κ1) is 16.8. The molecule has 126 valence electrons. The van der Waals surface area contributed by atoms with Crippen LogP contribution in [0.2, 0.25) is 5.02 Å². The molecule has 1 aliphatic heterocycles. The van der Waals surface area contributed by atoms with Gasteiger partial charge in [-0.1, -0.05) is 11.6 Å². The van der Waals surface area contributed by atoms with E-state index in [4.69, 9.17) is 11.6 Å². The molecule has 1 fully saturated rings. The number of piperazine rings is 1. The minimum absolute atomic E-state index is 0.103. The van der Waals surface area contributed by atoms with Crippen molar-refractivity contribution in [3.63, 3.8) is 0 Å². The minimum Gasteiger partial charge on any atom is -0.507 e. The van der Waals surface area contributed by atoms with Gasteiger partial charge in [0.2, 0.25) is 0 Å². The fourth-order valence-electron chi connectivity index (χ4n) is 2.48. The molecule has 0 saturated carbocycles. The van der Waals surface area contributed by atoms with Gasteiger partial charge in [-0.15, -0.1) is 11.3 Å². The van der Waals surface area contributed by atoms with E-state index in [2.05, 4.69) is 10.6 Å². The van der Waals surface area contributed by atoms with Crippen LogP contribution in [0.5, 0.6) is 5.75 Å². The van der Waals surface area contributed by atoms with Crippen LogP contribution in [0.25, 0.3) is 0 Å². The number of hydrogen-bond donors (Lipinski definition) is 3. The van der Waals surface area contributed by atoms with Gasteiger partial charge >= 0.3 is 0 Å². The fraction of sp³-hybridized carbons (Fsp3) is 0.250. The van der Waals surface area contributed by atoms with Crippen molar-refractivity contribution in [2.75, 3.05) is 31.5 Å². The highest BCUT2D eigenvalue weighted by Gasteiger charge is 2.23. The Kier molecular flexibility index (Phi) is 5.03. The minimum atomic E-state index is -0.485. The molecule has 1 saturated heterocycles. The highest BCUT2D eigenvalue weighted by atomic mass is 35.5. The third-order valence-corrected chi connectivity index (χ3v) is 4.80. The first-order valence-electron chi connectivity index (χ1n) is 7.43. The van der Waals surface area contributed by atoms with E-state index in [-0.39, 0.29) is 17.2 Å². The lowest BCUT2D eigenvalue weighted by Crippen LogP contribution is -2.46. The molecule has 8 heteroatoms. The van der Waals surface area contributed by atoms with Crippen molar-refractivity contribution in [3.05, 3.63) is 45.8 Å². The van der Waals surface area contributed by atoms with Crippen molar-refractivity contribution in [2.45, 2.75) is 0 Å². The van der Waals surface area contributed by atoms with Crippen LogP contribution in [0, 0.1) is 0 Å². The van der Waals surface area contributed by atoms with E-state index in [1.54, 1.807) is 16.3 Å². The maximum atomic E-state index is 12.6. The number of phenolic OH excluding ortho intramolecular Hbond substituents is 1. The summed E-state index contributed by atoms with van der Waals surface area (Å²) in [5, 5.41) is 18.3. The largest absolute Gasteiger partial charge is 0.507 e. The van der Waals surface area contributed by atoms with Crippen molar-refractivity contribution in [2.24, 2.45) is 0 Å². The Hall–Kier alpha value is -2.09. The number of hydrogen-bond acceptors (Lipinski definition) is 5. The maximum Gasteiger partial charge on any atom is 0.260 e. The number of thiophene rings is 1. The fourth-order valence-corrected chi connectivity index (χ4v) is 3.42. The Morgan fingerprint density at radius 3 is 2.67 bits per heavy atom. The summed E-state index contributed by atoms with van der Waals surface area (Å²) in [6, 6.07) is 5.97. The van der Waals surface area contributed by atoms with Crippen molar-refractivity contribution in [1.29, 1.82) is 0 Å². The zero-order valence-corrected chi connectivity index (χ0v) is 14.3. The normalized spacial score (nSPS) is 14.5. The lowest BCUT2D eigenvalue weighted by atomic mass is 10.2. The quantitative estimate of drug-likeness (QED) is 0.780. The molecule has 0 aliphatic carbocycles. The molecule has 0 unspecified atom stereocenters. The molecule has 3 N–H and O–H groups in total. The van der Waals surface area contributed by atoms with Gasteiger partial charge < -0.3 is 20.6 Å². The summed E-state index contributed by atoms with van der Waals surface area (Å²) in [6.45, 7) is 2.80. The van der Waals surface area contributed by atoms with Gasteiger partial charge in [0, 0.05) is 31.2 Å². The number of nitrogens with one attached hydrogen (secondary N) is 2. The van der Waals surface area contributed by atoms with Crippen LogP contribution in [-0.2, 0) is 0 Å². The number of anilines is 1. The van der Waals surface area contributed by atoms with Crippen LogP contribution in [0.15, 0.2) is 29.6 Å². The summed E-state index contributed by atoms with van der Waals surface area (Å²) in [5.74, 6) is -0.791. The third-order valence-electron chi connectivity index (χ3n) is 3.73. The van der Waals surface area contributed by atoms with Gasteiger partial charge in [-0.05, 0) is 29.6 Å². The molecule has 0 spiro atoms. The van der Waals surface area contributed by atoms with E-state index in [1.807, 2.05) is 0 Å². The number of phenols is 1. The molecule has 2 heterocycles. The Balaban J connectivity index is 1.77. The second kappa shape index (κ2) is 7.21. The molecule has 0 radical (unpaired) electrons.